The number of carbonyl (C=O) groups is 2. The van der Waals surface area contributed by atoms with Crippen LogP contribution < -0.4 is 25.2 Å². The maximum absolute atomic E-state index is 13.1. The summed E-state index contributed by atoms with van der Waals surface area (Å²) in [5.74, 6) is 1.05. The average Bonchev–Trinajstić information content (AvgIpc) is 2.92. The number of anilines is 4. The minimum Gasteiger partial charge on any atom is -0.410 e. The van der Waals surface area contributed by atoms with E-state index in [1.54, 1.807) is 30.5 Å². The number of aryl methyl sites for hydroxylation is 2. The summed E-state index contributed by atoms with van der Waals surface area (Å²) >= 11 is 0. The van der Waals surface area contributed by atoms with Gasteiger partial charge in [0.05, 0.1) is 0 Å². The highest BCUT2D eigenvalue weighted by Gasteiger charge is 2.16. The molecule has 2 heterocycles. The predicted octanol–water partition coefficient (Wildman–Crippen LogP) is 6.40. The van der Waals surface area contributed by atoms with Crippen LogP contribution >= 0.6 is 0 Å². The van der Waals surface area contributed by atoms with Crippen molar-refractivity contribution in [2.24, 2.45) is 0 Å². The van der Waals surface area contributed by atoms with Gasteiger partial charge in [-0.25, -0.2) is 9.78 Å². The van der Waals surface area contributed by atoms with Crippen molar-refractivity contribution < 1.29 is 14.3 Å². The van der Waals surface area contributed by atoms with Crippen LogP contribution in [0.3, 0.4) is 0 Å². The molecule has 2 N–H and O–H groups in total. The van der Waals surface area contributed by atoms with Gasteiger partial charge in [-0.3, -0.25) is 10.1 Å². The summed E-state index contributed by atoms with van der Waals surface area (Å²) < 4.78 is 5.53. The number of ether oxygens (including phenoxy) is 1. The van der Waals surface area contributed by atoms with E-state index in [4.69, 9.17) is 4.74 Å². The number of piperidine rings is 1. The minimum absolute atomic E-state index is 0.196. The number of nitrogens with zero attached hydrogens (tertiary/aromatic N) is 3. The van der Waals surface area contributed by atoms with Gasteiger partial charge in [0, 0.05) is 61.1 Å². The maximum atomic E-state index is 13.1. The Kier molecular flexibility index (Phi) is 8.84. The van der Waals surface area contributed by atoms with Gasteiger partial charge in [0.1, 0.15) is 11.6 Å². The van der Waals surface area contributed by atoms with Crippen LogP contribution in [0.15, 0.2) is 54.7 Å². The Hall–Kier alpha value is -4.07. The van der Waals surface area contributed by atoms with Gasteiger partial charge in [-0.15, -0.1) is 0 Å². The summed E-state index contributed by atoms with van der Waals surface area (Å²) in [7, 11) is 0. The number of nitrogens with one attached hydrogen (secondary N) is 2. The van der Waals surface area contributed by atoms with E-state index in [0.717, 1.165) is 61.7 Å². The van der Waals surface area contributed by atoms with E-state index in [-0.39, 0.29) is 5.91 Å². The second-order valence-corrected chi connectivity index (χ2v) is 9.57. The van der Waals surface area contributed by atoms with Crippen molar-refractivity contribution >= 4 is 34.9 Å². The number of benzene rings is 2. The Morgan fingerprint density at radius 2 is 1.68 bits per heavy atom. The number of amides is 2. The number of carbonyl (C=O) groups excluding carboxylic acids is 2. The molecule has 8 heteroatoms. The summed E-state index contributed by atoms with van der Waals surface area (Å²) in [5, 5.41) is 5.75. The molecule has 1 saturated heterocycles. The Morgan fingerprint density at radius 3 is 2.39 bits per heavy atom. The van der Waals surface area contributed by atoms with Gasteiger partial charge in [0.25, 0.3) is 5.91 Å². The lowest BCUT2D eigenvalue weighted by Gasteiger charge is -2.27. The third-order valence-electron chi connectivity index (χ3n) is 6.92. The van der Waals surface area contributed by atoms with Crippen LogP contribution in [0.2, 0.25) is 0 Å². The first-order chi connectivity index (χ1) is 18.4. The number of hydrogen-bond acceptors (Lipinski definition) is 6. The minimum atomic E-state index is -0.607. The Morgan fingerprint density at radius 1 is 0.921 bits per heavy atom. The van der Waals surface area contributed by atoms with Gasteiger partial charge < -0.3 is 19.9 Å². The maximum Gasteiger partial charge on any atom is 0.417 e. The van der Waals surface area contributed by atoms with Crippen LogP contribution in [-0.4, -0.2) is 43.2 Å². The first kappa shape index (κ1) is 27.0. The summed E-state index contributed by atoms with van der Waals surface area (Å²) in [4.78, 5) is 34.6. The van der Waals surface area contributed by atoms with E-state index in [1.807, 2.05) is 38.1 Å². The highest BCUT2D eigenvalue weighted by Crippen LogP contribution is 2.25. The summed E-state index contributed by atoms with van der Waals surface area (Å²) in [5.41, 5.74) is 4.65. The molecule has 1 aliphatic heterocycles. The average molecular weight is 516 g/mol. The van der Waals surface area contributed by atoms with Gasteiger partial charge in [-0.2, -0.15) is 0 Å². The largest absolute Gasteiger partial charge is 0.417 e. The standard InChI is InChI=1S/C30H37N5O3/c1-5-34(6-2)24-12-13-26(22(4)18-24)29(36)33-27-19-23(11-10-21(27)3)32-30(37)38-25-14-15-31-28(20-25)35-16-8-7-9-17-35/h10-15,18-20H,5-9,16-17H2,1-4H3,(H,32,37)(H,33,36). The molecule has 0 spiro atoms. The quantitative estimate of drug-likeness (QED) is 0.361. The molecular weight excluding hydrogens is 478 g/mol. The molecule has 0 atom stereocenters. The van der Waals surface area contributed by atoms with E-state index in [0.29, 0.717) is 22.7 Å². The second kappa shape index (κ2) is 12.4. The second-order valence-electron chi connectivity index (χ2n) is 9.57. The van der Waals surface area contributed by atoms with E-state index < -0.39 is 6.09 Å². The number of hydrogen-bond donors (Lipinski definition) is 2. The number of aromatic nitrogens is 1. The fourth-order valence-electron chi connectivity index (χ4n) is 4.72. The molecule has 2 aromatic carbocycles. The molecule has 4 rings (SSSR count). The highest BCUT2D eigenvalue weighted by molar-refractivity contribution is 6.06. The molecule has 0 unspecified atom stereocenters. The van der Waals surface area contributed by atoms with Gasteiger partial charge in [-0.05, 0) is 94.5 Å². The van der Waals surface area contributed by atoms with Crippen LogP contribution in [0, 0.1) is 13.8 Å². The summed E-state index contributed by atoms with van der Waals surface area (Å²) in [6.07, 6.45) is 4.56. The van der Waals surface area contributed by atoms with Crippen LogP contribution in [0.4, 0.5) is 27.7 Å². The molecule has 1 aromatic heterocycles. The molecular formula is C30H37N5O3. The zero-order chi connectivity index (χ0) is 27.1. The van der Waals surface area contributed by atoms with E-state index in [9.17, 15) is 9.59 Å². The SMILES string of the molecule is CCN(CC)c1ccc(C(=O)Nc2cc(NC(=O)Oc3ccnc(N4CCCCC4)c3)ccc2C)c(C)c1. The van der Waals surface area contributed by atoms with Crippen molar-refractivity contribution in [1.82, 2.24) is 4.98 Å². The first-order valence-electron chi connectivity index (χ1n) is 13.4. The van der Waals surface area contributed by atoms with Crippen LogP contribution in [0.1, 0.15) is 54.6 Å². The molecule has 8 nitrogen and oxygen atoms in total. The van der Waals surface area contributed by atoms with Crippen molar-refractivity contribution in [1.29, 1.82) is 0 Å². The van der Waals surface area contributed by atoms with Gasteiger partial charge >= 0.3 is 6.09 Å². The molecule has 0 aliphatic carbocycles. The van der Waals surface area contributed by atoms with Crippen molar-refractivity contribution in [3.05, 3.63) is 71.4 Å². The third kappa shape index (κ3) is 6.62. The zero-order valence-corrected chi connectivity index (χ0v) is 22.7. The smallest absolute Gasteiger partial charge is 0.410 e. The molecule has 0 radical (unpaired) electrons. The molecule has 38 heavy (non-hydrogen) atoms. The lowest BCUT2D eigenvalue weighted by Crippen LogP contribution is -2.30. The van der Waals surface area contributed by atoms with Crippen molar-refractivity contribution in [3.63, 3.8) is 0 Å². The lowest BCUT2D eigenvalue weighted by atomic mass is 10.1. The van der Waals surface area contributed by atoms with Gasteiger partial charge in [0.2, 0.25) is 0 Å². The highest BCUT2D eigenvalue weighted by atomic mass is 16.6. The molecule has 0 bridgehead atoms. The number of pyridine rings is 1. The van der Waals surface area contributed by atoms with Crippen molar-refractivity contribution in [2.45, 2.75) is 47.0 Å². The van der Waals surface area contributed by atoms with E-state index in [1.165, 1.54) is 6.42 Å². The zero-order valence-electron chi connectivity index (χ0n) is 22.7. The Bertz CT molecular complexity index is 1280. The number of rotatable bonds is 8. The monoisotopic (exact) mass is 515 g/mol. The Labute approximate surface area is 225 Å². The molecule has 3 aromatic rings. The first-order valence-corrected chi connectivity index (χ1v) is 13.4. The van der Waals surface area contributed by atoms with Crippen LogP contribution in [0.25, 0.3) is 0 Å². The Balaban J connectivity index is 1.41. The van der Waals surface area contributed by atoms with Gasteiger partial charge in [-0.1, -0.05) is 6.07 Å². The molecule has 1 fully saturated rings. The molecule has 200 valence electrons. The van der Waals surface area contributed by atoms with Gasteiger partial charge in [0.15, 0.2) is 0 Å². The predicted molar refractivity (Wildman–Crippen MR) is 154 cm³/mol. The fourth-order valence-corrected chi connectivity index (χ4v) is 4.72. The summed E-state index contributed by atoms with van der Waals surface area (Å²) in [6, 6.07) is 14.7. The van der Waals surface area contributed by atoms with E-state index >= 15 is 0 Å². The topological polar surface area (TPSA) is 86.8 Å². The normalized spacial score (nSPS) is 13.1. The third-order valence-corrected chi connectivity index (χ3v) is 6.92. The van der Waals surface area contributed by atoms with Crippen molar-refractivity contribution in [2.75, 3.05) is 46.6 Å². The lowest BCUT2D eigenvalue weighted by molar-refractivity contribution is 0.102. The van der Waals surface area contributed by atoms with E-state index in [2.05, 4.69) is 39.3 Å². The summed E-state index contributed by atoms with van der Waals surface area (Å²) in [6.45, 7) is 11.8. The molecule has 2 amide bonds. The van der Waals surface area contributed by atoms with Crippen LogP contribution in [-0.2, 0) is 0 Å². The van der Waals surface area contributed by atoms with Crippen molar-refractivity contribution in [3.8, 4) is 5.75 Å². The molecule has 0 saturated carbocycles. The fraction of sp³-hybridized carbons (Fsp3) is 0.367. The van der Waals surface area contributed by atoms with Crippen LogP contribution in [0.5, 0.6) is 5.75 Å². The molecule has 1 aliphatic rings.